The largest absolute Gasteiger partial charge is 0.475 e. The van der Waals surface area contributed by atoms with Crippen molar-refractivity contribution in [2.45, 2.75) is 25.7 Å². The number of carbonyl (C=O) groups excluding carboxylic acids is 1. The Hall–Kier alpha value is -1.58. The second-order valence-corrected chi connectivity index (χ2v) is 4.97. The van der Waals surface area contributed by atoms with Crippen LogP contribution < -0.4 is 0 Å². The molecule has 17 heavy (non-hydrogen) atoms. The first-order valence-corrected chi connectivity index (χ1v) is 6.06. The maximum Gasteiger partial charge on any atom is 0.371 e. The summed E-state index contributed by atoms with van der Waals surface area (Å²) in [7, 11) is 0. The van der Waals surface area contributed by atoms with E-state index in [0.717, 1.165) is 12.8 Å². The van der Waals surface area contributed by atoms with Gasteiger partial charge < -0.3 is 9.52 Å². The van der Waals surface area contributed by atoms with Crippen molar-refractivity contribution in [1.29, 1.82) is 0 Å². The van der Waals surface area contributed by atoms with Crippen LogP contribution in [-0.4, -0.2) is 16.9 Å². The number of carboxylic acid groups (broad SMARTS) is 1. The Bertz CT molecular complexity index is 462. The van der Waals surface area contributed by atoms with Crippen molar-refractivity contribution in [1.82, 2.24) is 0 Å². The van der Waals surface area contributed by atoms with Gasteiger partial charge in [0.2, 0.25) is 11.5 Å². The van der Waals surface area contributed by atoms with Crippen LogP contribution in [0.15, 0.2) is 16.5 Å². The van der Waals surface area contributed by atoms with Crippen molar-refractivity contribution < 1.29 is 19.1 Å². The molecule has 2 unspecified atom stereocenters. The Morgan fingerprint density at radius 1 is 1.12 bits per heavy atom. The normalized spacial score (nSPS) is 30.7. The molecule has 0 saturated heterocycles. The molecule has 2 atom stereocenters. The Morgan fingerprint density at radius 3 is 2.24 bits per heavy atom. The van der Waals surface area contributed by atoms with Crippen molar-refractivity contribution >= 4 is 11.8 Å². The molecule has 0 radical (unpaired) electrons. The molecular formula is C13H14O4. The molecule has 1 N–H and O–H groups in total. The minimum Gasteiger partial charge on any atom is -0.475 e. The number of fused-ring (bicyclic) bond motifs is 1. The highest BCUT2D eigenvalue weighted by Gasteiger charge is 2.55. The zero-order valence-electron chi connectivity index (χ0n) is 9.39. The third kappa shape index (κ3) is 1.68. The minimum atomic E-state index is -1.13. The quantitative estimate of drug-likeness (QED) is 0.816. The molecule has 0 spiro atoms. The summed E-state index contributed by atoms with van der Waals surface area (Å²) in [5.74, 6) is 0.0555. The van der Waals surface area contributed by atoms with E-state index in [1.165, 1.54) is 25.0 Å². The predicted octanol–water partition coefficient (Wildman–Crippen LogP) is 2.60. The molecule has 4 heteroatoms. The zero-order chi connectivity index (χ0) is 12.0. The van der Waals surface area contributed by atoms with Gasteiger partial charge in [-0.2, -0.15) is 0 Å². The van der Waals surface area contributed by atoms with Crippen molar-refractivity contribution in [3.63, 3.8) is 0 Å². The zero-order valence-corrected chi connectivity index (χ0v) is 9.39. The van der Waals surface area contributed by atoms with E-state index in [-0.39, 0.29) is 23.2 Å². The van der Waals surface area contributed by atoms with E-state index in [2.05, 4.69) is 0 Å². The third-order valence-electron chi connectivity index (χ3n) is 4.02. The maximum absolute atomic E-state index is 12.1. The average molecular weight is 234 g/mol. The van der Waals surface area contributed by atoms with E-state index in [4.69, 9.17) is 9.52 Å². The molecule has 0 aromatic carbocycles. The molecule has 0 bridgehead atoms. The molecule has 0 amide bonds. The summed E-state index contributed by atoms with van der Waals surface area (Å²) in [5.41, 5.74) is 0. The number of ketones is 1. The summed E-state index contributed by atoms with van der Waals surface area (Å²) >= 11 is 0. The number of carbonyl (C=O) groups is 2. The Morgan fingerprint density at radius 2 is 1.71 bits per heavy atom. The standard InChI is InChI=1S/C13H14O4/c14-12(9-5-6-10(17-9)13(15)16)11-7-3-1-2-4-8(7)11/h5-8,11H,1-4H2,(H,15,16). The first kappa shape index (κ1) is 10.6. The topological polar surface area (TPSA) is 67.5 Å². The van der Waals surface area contributed by atoms with Gasteiger partial charge in [0, 0.05) is 5.92 Å². The van der Waals surface area contributed by atoms with Crippen molar-refractivity contribution in [3.8, 4) is 0 Å². The van der Waals surface area contributed by atoms with Gasteiger partial charge in [-0.05, 0) is 36.8 Å². The van der Waals surface area contributed by atoms with Gasteiger partial charge in [-0.15, -0.1) is 0 Å². The van der Waals surface area contributed by atoms with Gasteiger partial charge in [0.15, 0.2) is 5.76 Å². The first-order chi connectivity index (χ1) is 8.18. The van der Waals surface area contributed by atoms with Gasteiger partial charge >= 0.3 is 5.97 Å². The molecule has 1 heterocycles. The molecule has 2 aliphatic carbocycles. The van der Waals surface area contributed by atoms with Gasteiger partial charge in [-0.25, -0.2) is 4.79 Å². The van der Waals surface area contributed by atoms with E-state index in [1.807, 2.05) is 0 Å². The second kappa shape index (κ2) is 3.72. The molecule has 2 saturated carbocycles. The van der Waals surface area contributed by atoms with Crippen molar-refractivity contribution in [2.75, 3.05) is 0 Å². The summed E-state index contributed by atoms with van der Waals surface area (Å²) in [6.07, 6.45) is 4.69. The van der Waals surface area contributed by atoms with Crippen LogP contribution in [0.25, 0.3) is 0 Å². The molecular weight excluding hydrogens is 220 g/mol. The van der Waals surface area contributed by atoms with Gasteiger partial charge in [-0.1, -0.05) is 12.8 Å². The summed E-state index contributed by atoms with van der Waals surface area (Å²) in [6.45, 7) is 0. The van der Waals surface area contributed by atoms with E-state index < -0.39 is 5.97 Å². The van der Waals surface area contributed by atoms with Crippen molar-refractivity contribution in [3.05, 3.63) is 23.7 Å². The molecule has 1 aromatic rings. The minimum absolute atomic E-state index is 0.00519. The molecule has 4 nitrogen and oxygen atoms in total. The van der Waals surface area contributed by atoms with Crippen LogP contribution in [0.1, 0.15) is 46.8 Å². The number of hydrogen-bond acceptors (Lipinski definition) is 3. The van der Waals surface area contributed by atoms with Gasteiger partial charge in [0.1, 0.15) is 0 Å². The summed E-state index contributed by atoms with van der Waals surface area (Å²) in [5, 5.41) is 8.74. The lowest BCUT2D eigenvalue weighted by atomic mass is 10.0. The van der Waals surface area contributed by atoms with Crippen LogP contribution in [0.2, 0.25) is 0 Å². The predicted molar refractivity (Wildman–Crippen MR) is 58.9 cm³/mol. The number of aromatic carboxylic acids is 1. The Labute approximate surface area is 98.6 Å². The van der Waals surface area contributed by atoms with E-state index in [9.17, 15) is 9.59 Å². The summed E-state index contributed by atoms with van der Waals surface area (Å²) in [4.78, 5) is 22.8. The Balaban J connectivity index is 1.76. The van der Waals surface area contributed by atoms with E-state index in [0.29, 0.717) is 11.8 Å². The van der Waals surface area contributed by atoms with E-state index in [1.54, 1.807) is 0 Å². The van der Waals surface area contributed by atoms with Crippen LogP contribution >= 0.6 is 0 Å². The molecule has 1 aromatic heterocycles. The van der Waals surface area contributed by atoms with Crippen molar-refractivity contribution in [2.24, 2.45) is 17.8 Å². The van der Waals surface area contributed by atoms with Crippen LogP contribution in [-0.2, 0) is 0 Å². The Kier molecular flexibility index (Phi) is 2.31. The highest BCUT2D eigenvalue weighted by Crippen LogP contribution is 2.56. The molecule has 0 aliphatic heterocycles. The lowest BCUT2D eigenvalue weighted by Crippen LogP contribution is -2.03. The smallest absolute Gasteiger partial charge is 0.371 e. The number of furan rings is 1. The van der Waals surface area contributed by atoms with Crippen LogP contribution in [0.3, 0.4) is 0 Å². The van der Waals surface area contributed by atoms with Crippen LogP contribution in [0, 0.1) is 17.8 Å². The molecule has 3 rings (SSSR count). The van der Waals surface area contributed by atoms with E-state index >= 15 is 0 Å². The number of rotatable bonds is 3. The molecule has 2 aliphatic rings. The molecule has 90 valence electrons. The SMILES string of the molecule is O=C(O)c1ccc(C(=O)C2C3CCCCC32)o1. The van der Waals surface area contributed by atoms with Crippen LogP contribution in [0.4, 0.5) is 0 Å². The third-order valence-corrected chi connectivity index (χ3v) is 4.02. The molecule has 2 fully saturated rings. The summed E-state index contributed by atoms with van der Waals surface area (Å²) in [6, 6.07) is 2.83. The summed E-state index contributed by atoms with van der Waals surface area (Å²) < 4.78 is 5.07. The van der Waals surface area contributed by atoms with Gasteiger partial charge in [-0.3, -0.25) is 4.79 Å². The lowest BCUT2D eigenvalue weighted by molar-refractivity contribution is 0.0659. The fourth-order valence-electron chi connectivity index (χ4n) is 3.13. The lowest BCUT2D eigenvalue weighted by Gasteiger charge is -2.04. The first-order valence-electron chi connectivity index (χ1n) is 6.06. The monoisotopic (exact) mass is 234 g/mol. The fraction of sp³-hybridized carbons (Fsp3) is 0.538. The number of Topliss-reactive ketones (excluding diaryl/α,β-unsaturated/α-hetero) is 1. The number of hydrogen-bond donors (Lipinski definition) is 1. The average Bonchev–Trinajstić information content (AvgIpc) is 2.83. The highest BCUT2D eigenvalue weighted by atomic mass is 16.4. The highest BCUT2D eigenvalue weighted by molar-refractivity contribution is 5.98. The fourth-order valence-corrected chi connectivity index (χ4v) is 3.13. The maximum atomic E-state index is 12.1. The second-order valence-electron chi connectivity index (χ2n) is 4.97. The van der Waals surface area contributed by atoms with Gasteiger partial charge in [0.05, 0.1) is 0 Å². The van der Waals surface area contributed by atoms with Crippen LogP contribution in [0.5, 0.6) is 0 Å². The van der Waals surface area contributed by atoms with Gasteiger partial charge in [0.25, 0.3) is 0 Å². The number of carboxylic acids is 1.